The number of hydrogen-bond donors (Lipinski definition) is 3. The number of aromatic nitrogens is 2. The molecule has 3 N–H and O–H groups in total. The van der Waals surface area contributed by atoms with Crippen molar-refractivity contribution in [1.29, 1.82) is 0 Å². The van der Waals surface area contributed by atoms with Gasteiger partial charge in [0, 0.05) is 30.3 Å². The minimum absolute atomic E-state index is 0.0293. The monoisotopic (exact) mass is 373 g/mol. The molecule has 1 fully saturated rings. The summed E-state index contributed by atoms with van der Waals surface area (Å²) in [5.74, 6) is 2.44. The lowest BCUT2D eigenvalue weighted by atomic mass is 9.88. The van der Waals surface area contributed by atoms with E-state index in [4.69, 9.17) is 4.74 Å². The SMILES string of the molecule is COc1ccc(C2NNCC2C2SCC(=O)Nc3c2c(C)nn3C)cc1. The Kier molecular flexibility index (Phi) is 4.64. The number of thioether (sulfide) groups is 1. The van der Waals surface area contributed by atoms with E-state index < -0.39 is 0 Å². The first-order valence-electron chi connectivity index (χ1n) is 8.65. The van der Waals surface area contributed by atoms with E-state index in [9.17, 15) is 4.79 Å². The molecule has 7 nitrogen and oxygen atoms in total. The van der Waals surface area contributed by atoms with Crippen LogP contribution < -0.4 is 20.9 Å². The van der Waals surface area contributed by atoms with Crippen molar-refractivity contribution in [3.63, 3.8) is 0 Å². The molecule has 0 aliphatic carbocycles. The number of rotatable bonds is 3. The van der Waals surface area contributed by atoms with Gasteiger partial charge in [0.25, 0.3) is 0 Å². The number of hydrogen-bond acceptors (Lipinski definition) is 6. The molecule has 0 saturated carbocycles. The number of ether oxygens (including phenoxy) is 1. The lowest BCUT2D eigenvalue weighted by molar-refractivity contribution is -0.113. The van der Waals surface area contributed by atoms with Crippen LogP contribution in [0.3, 0.4) is 0 Å². The summed E-state index contributed by atoms with van der Waals surface area (Å²) in [4.78, 5) is 12.2. The molecule has 4 rings (SSSR count). The molecule has 1 saturated heterocycles. The van der Waals surface area contributed by atoms with Crippen LogP contribution in [0.15, 0.2) is 24.3 Å². The lowest BCUT2D eigenvalue weighted by Gasteiger charge is -2.27. The Balaban J connectivity index is 1.70. The molecule has 1 aromatic carbocycles. The second kappa shape index (κ2) is 6.94. The number of nitrogens with one attached hydrogen (secondary N) is 3. The third-order valence-electron chi connectivity index (χ3n) is 5.09. The average molecular weight is 373 g/mol. The number of hydrazine groups is 1. The Bertz CT molecular complexity index is 820. The van der Waals surface area contributed by atoms with Crippen molar-refractivity contribution in [2.45, 2.75) is 18.2 Å². The lowest BCUT2D eigenvalue weighted by Crippen LogP contribution is -2.25. The van der Waals surface area contributed by atoms with E-state index in [1.165, 1.54) is 5.56 Å². The molecule has 3 unspecified atom stereocenters. The largest absolute Gasteiger partial charge is 0.497 e. The van der Waals surface area contributed by atoms with Crippen LogP contribution in [0.5, 0.6) is 5.75 Å². The molecule has 8 heteroatoms. The van der Waals surface area contributed by atoms with E-state index in [1.807, 2.05) is 26.1 Å². The van der Waals surface area contributed by atoms with Crippen LogP contribution in [-0.4, -0.2) is 35.1 Å². The van der Waals surface area contributed by atoms with Crippen LogP contribution in [0.25, 0.3) is 0 Å². The second-order valence-electron chi connectivity index (χ2n) is 6.69. The summed E-state index contributed by atoms with van der Waals surface area (Å²) in [6.45, 7) is 2.85. The van der Waals surface area contributed by atoms with Crippen molar-refractivity contribution < 1.29 is 9.53 Å². The van der Waals surface area contributed by atoms with Crippen molar-refractivity contribution in [1.82, 2.24) is 20.6 Å². The van der Waals surface area contributed by atoms with Gasteiger partial charge in [0.1, 0.15) is 11.6 Å². The van der Waals surface area contributed by atoms with E-state index in [-0.39, 0.29) is 17.2 Å². The summed E-state index contributed by atoms with van der Waals surface area (Å²) >= 11 is 1.70. The second-order valence-corrected chi connectivity index (χ2v) is 7.82. The summed E-state index contributed by atoms with van der Waals surface area (Å²) in [7, 11) is 3.55. The molecule has 2 aliphatic heterocycles. The zero-order chi connectivity index (χ0) is 18.3. The standard InChI is InChI=1S/C18H23N5O2S/c1-10-15-17(26-9-14(24)20-18(15)23(2)22-10)13-8-19-21-16(13)11-4-6-12(25-3)7-5-11/h4-7,13,16-17,19,21H,8-9H2,1-3H3,(H,20,24). The first-order valence-corrected chi connectivity index (χ1v) is 9.70. The predicted octanol–water partition coefficient (Wildman–Crippen LogP) is 1.93. The molecule has 3 heterocycles. The molecule has 2 aliphatic rings. The minimum atomic E-state index is 0.0293. The highest BCUT2D eigenvalue weighted by Crippen LogP contribution is 2.48. The van der Waals surface area contributed by atoms with Crippen LogP contribution in [0.2, 0.25) is 0 Å². The molecule has 0 spiro atoms. The maximum absolute atomic E-state index is 12.2. The fourth-order valence-corrected chi connectivity index (χ4v) is 5.21. The molecule has 2 aromatic rings. The first kappa shape index (κ1) is 17.4. The summed E-state index contributed by atoms with van der Waals surface area (Å²) in [6.07, 6.45) is 0. The van der Waals surface area contributed by atoms with Crippen molar-refractivity contribution in [3.8, 4) is 5.75 Å². The number of fused-ring (bicyclic) bond motifs is 1. The highest BCUT2D eigenvalue weighted by atomic mass is 32.2. The maximum Gasteiger partial charge on any atom is 0.235 e. The number of carbonyl (C=O) groups is 1. The number of anilines is 1. The summed E-state index contributed by atoms with van der Waals surface area (Å²) in [6, 6.07) is 8.31. The summed E-state index contributed by atoms with van der Waals surface area (Å²) < 4.78 is 7.05. The van der Waals surface area contributed by atoms with Crippen molar-refractivity contribution in [3.05, 3.63) is 41.1 Å². The van der Waals surface area contributed by atoms with Gasteiger partial charge < -0.3 is 10.1 Å². The third-order valence-corrected chi connectivity index (χ3v) is 6.47. The van der Waals surface area contributed by atoms with Gasteiger partial charge in [0.15, 0.2) is 0 Å². The summed E-state index contributed by atoms with van der Waals surface area (Å²) in [5.41, 5.74) is 10.0. The molecular formula is C18H23N5O2S. The highest BCUT2D eigenvalue weighted by Gasteiger charge is 2.40. The average Bonchev–Trinajstić information content (AvgIpc) is 3.17. The predicted molar refractivity (Wildman–Crippen MR) is 102 cm³/mol. The minimum Gasteiger partial charge on any atom is -0.497 e. The van der Waals surface area contributed by atoms with Gasteiger partial charge in [0.05, 0.1) is 24.6 Å². The van der Waals surface area contributed by atoms with E-state index in [1.54, 1.807) is 23.6 Å². The Morgan fingerprint density at radius 1 is 1.31 bits per heavy atom. The quantitative estimate of drug-likeness (QED) is 0.763. The van der Waals surface area contributed by atoms with Gasteiger partial charge in [-0.1, -0.05) is 12.1 Å². The van der Waals surface area contributed by atoms with Gasteiger partial charge in [-0.2, -0.15) is 5.10 Å². The number of carbonyl (C=O) groups excluding carboxylic acids is 1. The van der Waals surface area contributed by atoms with E-state index in [0.29, 0.717) is 11.7 Å². The Morgan fingerprint density at radius 3 is 2.81 bits per heavy atom. The zero-order valence-corrected chi connectivity index (χ0v) is 15.9. The topological polar surface area (TPSA) is 80.2 Å². The molecule has 26 heavy (non-hydrogen) atoms. The van der Waals surface area contributed by atoms with Crippen LogP contribution >= 0.6 is 11.8 Å². The van der Waals surface area contributed by atoms with Gasteiger partial charge in [-0.05, 0) is 24.6 Å². The van der Waals surface area contributed by atoms with Gasteiger partial charge in [0.2, 0.25) is 5.91 Å². The number of methoxy groups -OCH3 is 1. The first-order chi connectivity index (χ1) is 12.6. The summed E-state index contributed by atoms with van der Waals surface area (Å²) in [5, 5.41) is 7.73. The fraction of sp³-hybridized carbons (Fsp3) is 0.444. The Morgan fingerprint density at radius 2 is 2.08 bits per heavy atom. The molecular weight excluding hydrogens is 350 g/mol. The third kappa shape index (κ3) is 2.98. The number of aryl methyl sites for hydroxylation is 2. The molecule has 3 atom stereocenters. The van der Waals surface area contributed by atoms with Crippen LogP contribution in [0, 0.1) is 12.8 Å². The van der Waals surface area contributed by atoms with Gasteiger partial charge >= 0.3 is 0 Å². The molecule has 0 bridgehead atoms. The van der Waals surface area contributed by atoms with Gasteiger partial charge in [-0.3, -0.25) is 14.9 Å². The number of benzene rings is 1. The Hall–Kier alpha value is -2.03. The maximum atomic E-state index is 12.2. The molecule has 1 amide bonds. The highest BCUT2D eigenvalue weighted by molar-refractivity contribution is 8.00. The fourth-order valence-electron chi connectivity index (χ4n) is 3.85. The van der Waals surface area contributed by atoms with E-state index in [0.717, 1.165) is 29.4 Å². The molecule has 138 valence electrons. The van der Waals surface area contributed by atoms with Crippen LogP contribution in [0.4, 0.5) is 5.82 Å². The molecule has 1 aromatic heterocycles. The number of nitrogens with zero attached hydrogens (tertiary/aromatic N) is 2. The van der Waals surface area contributed by atoms with Gasteiger partial charge in [-0.25, -0.2) is 5.43 Å². The van der Waals surface area contributed by atoms with Crippen molar-refractivity contribution >= 4 is 23.5 Å². The van der Waals surface area contributed by atoms with Gasteiger partial charge in [-0.15, -0.1) is 11.8 Å². The molecule has 0 radical (unpaired) electrons. The normalized spacial score (nSPS) is 25.5. The van der Waals surface area contributed by atoms with Crippen LogP contribution in [0.1, 0.15) is 28.1 Å². The van der Waals surface area contributed by atoms with E-state index in [2.05, 4.69) is 33.4 Å². The van der Waals surface area contributed by atoms with Crippen molar-refractivity contribution in [2.75, 3.05) is 24.7 Å². The zero-order valence-electron chi connectivity index (χ0n) is 15.1. The Labute approximate surface area is 156 Å². The van der Waals surface area contributed by atoms with E-state index >= 15 is 0 Å². The van der Waals surface area contributed by atoms with Crippen molar-refractivity contribution in [2.24, 2.45) is 13.0 Å². The van der Waals surface area contributed by atoms with Crippen LogP contribution in [-0.2, 0) is 11.8 Å². The smallest absolute Gasteiger partial charge is 0.235 e. The number of amides is 1.